The molecule has 0 spiro atoms. The third kappa shape index (κ3) is 4.40. The Morgan fingerprint density at radius 2 is 1.70 bits per heavy atom. The minimum atomic E-state index is -0.213. The van der Waals surface area contributed by atoms with Crippen LogP contribution in [0.2, 0.25) is 10.0 Å². The number of rotatable bonds is 5. The van der Waals surface area contributed by atoms with Crippen molar-refractivity contribution < 1.29 is 9.53 Å². The summed E-state index contributed by atoms with van der Waals surface area (Å²) in [5.74, 6) is 0.553. The van der Waals surface area contributed by atoms with Crippen LogP contribution in [0.25, 0.3) is 6.08 Å². The van der Waals surface area contributed by atoms with Gasteiger partial charge in [0.1, 0.15) is 12.4 Å². The summed E-state index contributed by atoms with van der Waals surface area (Å²) in [4.78, 5) is 12.9. The van der Waals surface area contributed by atoms with Gasteiger partial charge in [0, 0.05) is 0 Å². The van der Waals surface area contributed by atoms with Crippen molar-refractivity contribution >= 4 is 46.6 Å². The zero-order chi connectivity index (χ0) is 21.1. The first kappa shape index (κ1) is 20.2. The molecule has 30 heavy (non-hydrogen) atoms. The molecule has 3 aromatic rings. The van der Waals surface area contributed by atoms with Crippen LogP contribution in [0.5, 0.6) is 5.75 Å². The second-order valence-electron chi connectivity index (χ2n) is 6.80. The molecule has 0 aromatic heterocycles. The van der Waals surface area contributed by atoms with Gasteiger partial charge < -0.3 is 4.74 Å². The van der Waals surface area contributed by atoms with Crippen LogP contribution in [-0.4, -0.2) is 11.6 Å². The lowest BCUT2D eigenvalue weighted by molar-refractivity contribution is -0.114. The fourth-order valence-corrected chi connectivity index (χ4v) is 3.34. The third-order valence-electron chi connectivity index (χ3n) is 4.65. The maximum atomic E-state index is 12.9. The fraction of sp³-hybridized carbons (Fsp3) is 0.0833. The Labute approximate surface area is 185 Å². The molecule has 1 aliphatic rings. The maximum absolute atomic E-state index is 12.9. The number of benzene rings is 3. The van der Waals surface area contributed by atoms with Crippen LogP contribution in [0, 0.1) is 0 Å². The molecule has 0 N–H and O–H groups in total. The van der Waals surface area contributed by atoms with Crippen LogP contribution >= 0.6 is 23.2 Å². The number of anilines is 1. The van der Waals surface area contributed by atoms with Crippen molar-refractivity contribution in [3.05, 3.63) is 99.5 Å². The van der Waals surface area contributed by atoms with E-state index in [2.05, 4.69) is 5.10 Å². The van der Waals surface area contributed by atoms with E-state index in [9.17, 15) is 4.79 Å². The van der Waals surface area contributed by atoms with Crippen LogP contribution in [-0.2, 0) is 11.4 Å². The number of carbonyl (C=O) groups is 1. The number of nitrogens with zero attached hydrogens (tertiary/aromatic N) is 2. The van der Waals surface area contributed by atoms with Crippen LogP contribution in [0.1, 0.15) is 18.1 Å². The van der Waals surface area contributed by atoms with E-state index in [-0.39, 0.29) is 5.91 Å². The summed E-state index contributed by atoms with van der Waals surface area (Å²) in [6, 6.07) is 22.6. The Hall–Kier alpha value is -3.08. The molecule has 1 heterocycles. The van der Waals surface area contributed by atoms with Gasteiger partial charge in [-0.15, -0.1) is 0 Å². The molecule has 0 saturated heterocycles. The van der Waals surface area contributed by atoms with E-state index in [0.29, 0.717) is 33.6 Å². The predicted molar refractivity (Wildman–Crippen MR) is 122 cm³/mol. The van der Waals surface area contributed by atoms with Gasteiger partial charge in [0.15, 0.2) is 0 Å². The molecule has 0 saturated carbocycles. The highest BCUT2D eigenvalue weighted by molar-refractivity contribution is 6.42. The zero-order valence-electron chi connectivity index (χ0n) is 16.2. The largest absolute Gasteiger partial charge is 0.489 e. The third-order valence-corrected chi connectivity index (χ3v) is 5.39. The van der Waals surface area contributed by atoms with Crippen LogP contribution in [0.15, 0.2) is 83.5 Å². The second kappa shape index (κ2) is 8.74. The SMILES string of the molecule is CC1=NN(c2ccc(Cl)c(Cl)c2)C(=O)/C1=C\c1ccc(OCc2ccccc2)cc1. The van der Waals surface area contributed by atoms with Crippen molar-refractivity contribution in [1.29, 1.82) is 0 Å². The van der Waals surface area contributed by atoms with Crippen molar-refractivity contribution in [3.63, 3.8) is 0 Å². The van der Waals surface area contributed by atoms with Crippen LogP contribution < -0.4 is 9.75 Å². The predicted octanol–water partition coefficient (Wildman–Crippen LogP) is 6.38. The van der Waals surface area contributed by atoms with Crippen molar-refractivity contribution in [1.82, 2.24) is 0 Å². The summed E-state index contributed by atoms with van der Waals surface area (Å²) in [5.41, 5.74) is 3.72. The molecule has 0 unspecified atom stereocenters. The number of hydrogen-bond acceptors (Lipinski definition) is 3. The Morgan fingerprint density at radius 1 is 0.967 bits per heavy atom. The van der Waals surface area contributed by atoms with Gasteiger partial charge in [0.05, 0.1) is 27.0 Å². The molecule has 0 bridgehead atoms. The Bertz CT molecular complexity index is 1140. The minimum absolute atomic E-state index is 0.213. The van der Waals surface area contributed by atoms with Gasteiger partial charge in [-0.25, -0.2) is 0 Å². The van der Waals surface area contributed by atoms with E-state index in [1.54, 1.807) is 25.1 Å². The van der Waals surface area contributed by atoms with Crippen LogP contribution in [0.3, 0.4) is 0 Å². The molecule has 1 amide bonds. The van der Waals surface area contributed by atoms with Crippen molar-refractivity contribution in [2.45, 2.75) is 13.5 Å². The lowest BCUT2D eigenvalue weighted by Crippen LogP contribution is -2.21. The van der Waals surface area contributed by atoms with E-state index in [1.165, 1.54) is 5.01 Å². The molecule has 0 fully saturated rings. The molecule has 3 aromatic carbocycles. The van der Waals surface area contributed by atoms with E-state index in [4.69, 9.17) is 27.9 Å². The quantitative estimate of drug-likeness (QED) is 0.435. The van der Waals surface area contributed by atoms with E-state index in [0.717, 1.165) is 16.9 Å². The number of hydrogen-bond donors (Lipinski definition) is 0. The molecular formula is C24H18Cl2N2O2. The first-order valence-electron chi connectivity index (χ1n) is 9.35. The summed E-state index contributed by atoms with van der Waals surface area (Å²) >= 11 is 12.0. The van der Waals surface area contributed by atoms with Gasteiger partial charge in [-0.1, -0.05) is 65.7 Å². The molecule has 4 nitrogen and oxygen atoms in total. The summed E-state index contributed by atoms with van der Waals surface area (Å²) < 4.78 is 5.81. The summed E-state index contributed by atoms with van der Waals surface area (Å²) in [6.07, 6.45) is 1.82. The monoisotopic (exact) mass is 436 g/mol. The fourth-order valence-electron chi connectivity index (χ4n) is 3.04. The normalized spacial score (nSPS) is 14.9. The molecule has 0 radical (unpaired) electrons. The topological polar surface area (TPSA) is 41.9 Å². The lowest BCUT2D eigenvalue weighted by Gasteiger charge is -2.12. The highest BCUT2D eigenvalue weighted by Gasteiger charge is 2.29. The number of carbonyl (C=O) groups excluding carboxylic acids is 1. The van der Waals surface area contributed by atoms with E-state index < -0.39 is 0 Å². The smallest absolute Gasteiger partial charge is 0.280 e. The van der Waals surface area contributed by atoms with Gasteiger partial charge in [0.25, 0.3) is 5.91 Å². The highest BCUT2D eigenvalue weighted by atomic mass is 35.5. The van der Waals surface area contributed by atoms with Crippen LogP contribution in [0.4, 0.5) is 5.69 Å². The molecule has 0 aliphatic carbocycles. The molecule has 6 heteroatoms. The van der Waals surface area contributed by atoms with Crippen molar-refractivity contribution in [3.8, 4) is 5.75 Å². The highest BCUT2D eigenvalue weighted by Crippen LogP contribution is 2.31. The number of halogens is 2. The summed E-state index contributed by atoms with van der Waals surface area (Å²) in [5, 5.41) is 6.51. The molecule has 150 valence electrons. The van der Waals surface area contributed by atoms with Gasteiger partial charge in [-0.2, -0.15) is 10.1 Å². The number of hydrazone groups is 1. The summed E-state index contributed by atoms with van der Waals surface area (Å²) in [7, 11) is 0. The van der Waals surface area contributed by atoms with Gasteiger partial charge in [-0.05, 0) is 54.5 Å². The minimum Gasteiger partial charge on any atom is -0.489 e. The number of ether oxygens (including phenoxy) is 1. The molecule has 4 rings (SSSR count). The van der Waals surface area contributed by atoms with Gasteiger partial charge in [0.2, 0.25) is 0 Å². The second-order valence-corrected chi connectivity index (χ2v) is 7.62. The van der Waals surface area contributed by atoms with E-state index in [1.807, 2.05) is 60.7 Å². The van der Waals surface area contributed by atoms with Gasteiger partial charge in [-0.3, -0.25) is 4.79 Å². The Kier molecular flexibility index (Phi) is 5.88. The zero-order valence-corrected chi connectivity index (χ0v) is 17.7. The standard InChI is InChI=1S/C24H18Cl2N2O2/c1-16-21(24(29)28(27-16)19-9-12-22(25)23(26)14-19)13-17-7-10-20(11-8-17)30-15-18-5-3-2-4-6-18/h2-14H,15H2,1H3/b21-13-. The Morgan fingerprint density at radius 3 is 2.40 bits per heavy atom. The van der Waals surface area contributed by atoms with Gasteiger partial charge >= 0.3 is 0 Å². The lowest BCUT2D eigenvalue weighted by atomic mass is 10.1. The maximum Gasteiger partial charge on any atom is 0.280 e. The van der Waals surface area contributed by atoms with Crippen molar-refractivity contribution in [2.75, 3.05) is 5.01 Å². The first-order chi connectivity index (χ1) is 14.5. The summed E-state index contributed by atoms with van der Waals surface area (Å²) in [6.45, 7) is 2.31. The van der Waals surface area contributed by atoms with Crippen molar-refractivity contribution in [2.24, 2.45) is 5.10 Å². The Balaban J connectivity index is 1.48. The molecule has 0 atom stereocenters. The number of amides is 1. The molecule has 1 aliphatic heterocycles. The first-order valence-corrected chi connectivity index (χ1v) is 10.1. The van der Waals surface area contributed by atoms with E-state index >= 15 is 0 Å². The average molecular weight is 437 g/mol. The molecular weight excluding hydrogens is 419 g/mol. The average Bonchev–Trinajstić information content (AvgIpc) is 3.04.